The first-order valence-electron chi connectivity index (χ1n) is 4.69. The minimum atomic E-state index is -3.36. The number of nitrogen functional groups attached to an aromatic ring is 1. The smallest absolute Gasteiger partial charge is 0.180 e. The number of nitrogens with two attached hydrogens (primary N) is 1. The van der Waals surface area contributed by atoms with Gasteiger partial charge in [-0.25, -0.2) is 13.1 Å². The molecule has 2 rings (SSSR count). The normalized spacial score (nSPS) is 11.6. The molecule has 0 fully saturated rings. The molecule has 0 amide bonds. The minimum Gasteiger partial charge on any atom is -0.382 e. The molecule has 0 saturated carbocycles. The lowest BCUT2D eigenvalue weighted by Crippen LogP contribution is -2.06. The first-order chi connectivity index (χ1) is 7.91. The molecule has 1 aromatic heterocycles. The van der Waals surface area contributed by atoms with Gasteiger partial charge in [-0.05, 0) is 28.1 Å². The van der Waals surface area contributed by atoms with Crippen molar-refractivity contribution in [2.24, 2.45) is 0 Å². The summed E-state index contributed by atoms with van der Waals surface area (Å²) in [5.74, 6) is 0.111. The van der Waals surface area contributed by atoms with Gasteiger partial charge in [0, 0.05) is 10.7 Å². The molecule has 17 heavy (non-hydrogen) atoms. The largest absolute Gasteiger partial charge is 0.382 e. The lowest BCUT2D eigenvalue weighted by atomic mass is 10.3. The number of nitrogens with zero attached hydrogens (tertiary/aromatic N) is 2. The van der Waals surface area contributed by atoms with Gasteiger partial charge in [0.25, 0.3) is 0 Å². The van der Waals surface area contributed by atoms with Crippen LogP contribution in [0.4, 0.5) is 5.82 Å². The Morgan fingerprint density at radius 1 is 1.35 bits per heavy atom. The zero-order valence-electron chi connectivity index (χ0n) is 8.96. The molecule has 0 bridgehead atoms. The molecule has 90 valence electrons. The Hall–Kier alpha value is -1.34. The Bertz CT molecular complexity index is 664. The van der Waals surface area contributed by atoms with Crippen molar-refractivity contribution >= 4 is 31.6 Å². The maximum absolute atomic E-state index is 11.4. The van der Waals surface area contributed by atoms with E-state index in [1.54, 1.807) is 6.07 Å². The van der Waals surface area contributed by atoms with E-state index in [9.17, 15) is 8.42 Å². The molecule has 0 aliphatic heterocycles. The van der Waals surface area contributed by atoms with Crippen molar-refractivity contribution in [3.8, 4) is 5.69 Å². The summed E-state index contributed by atoms with van der Waals surface area (Å²) in [6.45, 7) is 0. The predicted molar refractivity (Wildman–Crippen MR) is 68.8 cm³/mol. The van der Waals surface area contributed by atoms with Crippen molar-refractivity contribution in [1.29, 1.82) is 0 Å². The zero-order chi connectivity index (χ0) is 12.6. The number of hydrogen-bond acceptors (Lipinski definition) is 4. The molecule has 2 N–H and O–H groups in total. The molecule has 0 saturated heterocycles. The Morgan fingerprint density at radius 2 is 2.00 bits per heavy atom. The molecule has 0 aliphatic carbocycles. The van der Waals surface area contributed by atoms with Gasteiger partial charge in [0.2, 0.25) is 0 Å². The topological polar surface area (TPSA) is 78.0 Å². The Labute approximate surface area is 107 Å². The molecule has 0 unspecified atom stereocenters. The van der Waals surface area contributed by atoms with E-state index < -0.39 is 9.84 Å². The second-order valence-electron chi connectivity index (χ2n) is 3.53. The van der Waals surface area contributed by atoms with Gasteiger partial charge in [-0.15, -0.1) is 0 Å². The van der Waals surface area contributed by atoms with Crippen molar-refractivity contribution in [3.05, 3.63) is 34.9 Å². The van der Waals surface area contributed by atoms with Gasteiger partial charge < -0.3 is 5.73 Å². The highest BCUT2D eigenvalue weighted by Gasteiger charge is 2.18. The number of hydrogen-bond donors (Lipinski definition) is 1. The molecule has 2 aromatic rings. The van der Waals surface area contributed by atoms with E-state index in [1.807, 2.05) is 18.2 Å². The number of para-hydroxylation sites is 1. The number of sulfone groups is 1. The lowest BCUT2D eigenvalue weighted by molar-refractivity contribution is 0.602. The fraction of sp³-hybridized carbons (Fsp3) is 0.100. The summed E-state index contributed by atoms with van der Waals surface area (Å²) < 4.78 is 25.1. The standard InChI is InChI=1S/C10H10BrN3O2S/c1-17(15,16)9-6-13-14(10(9)12)8-5-3-2-4-7(8)11/h2-6H,12H2,1H3. The molecule has 5 nitrogen and oxygen atoms in total. The number of anilines is 1. The van der Waals surface area contributed by atoms with Gasteiger partial charge in [-0.2, -0.15) is 5.10 Å². The molecule has 7 heteroatoms. The van der Waals surface area contributed by atoms with Crippen LogP contribution in [0.2, 0.25) is 0 Å². The summed E-state index contributed by atoms with van der Waals surface area (Å²) in [6.07, 6.45) is 2.36. The fourth-order valence-corrected chi connectivity index (χ4v) is 2.60. The highest BCUT2D eigenvalue weighted by molar-refractivity contribution is 9.10. The van der Waals surface area contributed by atoms with Crippen LogP contribution in [0.25, 0.3) is 5.69 Å². The van der Waals surface area contributed by atoms with E-state index in [2.05, 4.69) is 21.0 Å². The quantitative estimate of drug-likeness (QED) is 0.913. The maximum atomic E-state index is 11.4. The SMILES string of the molecule is CS(=O)(=O)c1cnn(-c2ccccc2Br)c1N. The third kappa shape index (κ3) is 2.20. The number of rotatable bonds is 2. The van der Waals surface area contributed by atoms with Gasteiger partial charge >= 0.3 is 0 Å². The zero-order valence-corrected chi connectivity index (χ0v) is 11.4. The average Bonchev–Trinajstić information content (AvgIpc) is 2.60. The molecular formula is C10H10BrN3O2S. The van der Waals surface area contributed by atoms with Crippen LogP contribution in [-0.4, -0.2) is 24.5 Å². The molecule has 0 radical (unpaired) electrons. The maximum Gasteiger partial charge on any atom is 0.180 e. The van der Waals surface area contributed by atoms with Gasteiger partial charge in [-0.3, -0.25) is 0 Å². The van der Waals surface area contributed by atoms with E-state index in [0.717, 1.165) is 10.7 Å². The Morgan fingerprint density at radius 3 is 2.53 bits per heavy atom. The van der Waals surface area contributed by atoms with Gasteiger partial charge in [0.1, 0.15) is 10.7 Å². The van der Waals surface area contributed by atoms with Crippen molar-refractivity contribution in [1.82, 2.24) is 9.78 Å². The van der Waals surface area contributed by atoms with Crippen LogP contribution in [0.5, 0.6) is 0 Å². The van der Waals surface area contributed by atoms with E-state index in [4.69, 9.17) is 5.73 Å². The van der Waals surface area contributed by atoms with Crippen molar-refractivity contribution in [3.63, 3.8) is 0 Å². The van der Waals surface area contributed by atoms with Crippen LogP contribution in [0.3, 0.4) is 0 Å². The first kappa shape index (κ1) is 12.1. The third-order valence-electron chi connectivity index (χ3n) is 2.25. The van der Waals surface area contributed by atoms with E-state index in [-0.39, 0.29) is 10.7 Å². The lowest BCUT2D eigenvalue weighted by Gasteiger charge is -2.06. The molecule has 0 atom stereocenters. The van der Waals surface area contributed by atoms with Gasteiger partial charge in [0.15, 0.2) is 9.84 Å². The van der Waals surface area contributed by atoms with E-state index in [0.29, 0.717) is 5.69 Å². The minimum absolute atomic E-state index is 0.0354. The summed E-state index contributed by atoms with van der Waals surface area (Å²) in [5, 5.41) is 4.00. The monoisotopic (exact) mass is 315 g/mol. The van der Waals surface area contributed by atoms with Gasteiger partial charge in [-0.1, -0.05) is 12.1 Å². The summed E-state index contributed by atoms with van der Waals surface area (Å²) >= 11 is 3.36. The average molecular weight is 316 g/mol. The fourth-order valence-electron chi connectivity index (χ4n) is 1.44. The van der Waals surface area contributed by atoms with Gasteiger partial charge in [0.05, 0.1) is 11.9 Å². The second-order valence-corrected chi connectivity index (χ2v) is 6.37. The van der Waals surface area contributed by atoms with Crippen LogP contribution < -0.4 is 5.73 Å². The summed E-state index contributed by atoms with van der Waals surface area (Å²) in [7, 11) is -3.36. The molecule has 0 spiro atoms. The first-order valence-corrected chi connectivity index (χ1v) is 7.38. The van der Waals surface area contributed by atoms with Crippen molar-refractivity contribution in [2.75, 3.05) is 12.0 Å². The molecule has 0 aliphatic rings. The molecule has 1 aromatic carbocycles. The molecule has 1 heterocycles. The second kappa shape index (κ2) is 4.15. The summed E-state index contributed by atoms with van der Waals surface area (Å²) in [6, 6.07) is 7.29. The van der Waals surface area contributed by atoms with E-state index >= 15 is 0 Å². The highest BCUT2D eigenvalue weighted by Crippen LogP contribution is 2.25. The van der Waals surface area contributed by atoms with Crippen LogP contribution in [0.15, 0.2) is 39.8 Å². The number of halogens is 1. The van der Waals surface area contributed by atoms with E-state index in [1.165, 1.54) is 10.9 Å². The third-order valence-corrected chi connectivity index (χ3v) is 4.04. The predicted octanol–water partition coefficient (Wildman–Crippen LogP) is 1.62. The number of benzene rings is 1. The molecular weight excluding hydrogens is 306 g/mol. The van der Waals surface area contributed by atoms with Crippen LogP contribution in [-0.2, 0) is 9.84 Å². The number of aromatic nitrogens is 2. The highest BCUT2D eigenvalue weighted by atomic mass is 79.9. The summed E-state index contributed by atoms with van der Waals surface area (Å²) in [4.78, 5) is 0.0354. The van der Waals surface area contributed by atoms with Crippen LogP contribution in [0, 0.1) is 0 Å². The summed E-state index contributed by atoms with van der Waals surface area (Å²) in [5.41, 5.74) is 6.49. The van der Waals surface area contributed by atoms with Crippen LogP contribution in [0.1, 0.15) is 0 Å². The van der Waals surface area contributed by atoms with Crippen molar-refractivity contribution in [2.45, 2.75) is 4.90 Å². The van der Waals surface area contributed by atoms with Crippen molar-refractivity contribution < 1.29 is 8.42 Å². The Balaban J connectivity index is 2.64. The Kier molecular flexibility index (Phi) is 2.96. The van der Waals surface area contributed by atoms with Crippen LogP contribution >= 0.6 is 15.9 Å².